The zero-order valence-corrected chi connectivity index (χ0v) is 11.0. The van der Waals surface area contributed by atoms with Crippen molar-refractivity contribution in [1.82, 2.24) is 4.90 Å². The van der Waals surface area contributed by atoms with E-state index in [-0.39, 0.29) is 13.0 Å². The van der Waals surface area contributed by atoms with Crippen molar-refractivity contribution in [3.8, 4) is 0 Å². The zero-order chi connectivity index (χ0) is 14.0. The van der Waals surface area contributed by atoms with E-state index in [1.165, 1.54) is 0 Å². The van der Waals surface area contributed by atoms with Gasteiger partial charge in [0.2, 0.25) is 11.8 Å². The third-order valence-electron chi connectivity index (χ3n) is 2.87. The summed E-state index contributed by atoms with van der Waals surface area (Å²) in [5.41, 5.74) is 0.662. The predicted octanol–water partition coefficient (Wildman–Crippen LogP) is 2.34. The first-order valence-corrected chi connectivity index (χ1v) is 6.21. The standard InChI is InChI=1S/C13H12ClNO4/c1-2-19-13(18)15-11(16)7-10(12(15)17)8-3-5-9(14)6-4-8/h3-6,10H,2,7H2,1H3. The van der Waals surface area contributed by atoms with E-state index in [0.717, 1.165) is 0 Å². The first-order chi connectivity index (χ1) is 9.04. The number of benzene rings is 1. The number of hydrogen-bond donors (Lipinski definition) is 0. The molecule has 0 radical (unpaired) electrons. The Hall–Kier alpha value is -1.88. The van der Waals surface area contributed by atoms with Crippen molar-refractivity contribution in [2.24, 2.45) is 0 Å². The van der Waals surface area contributed by atoms with Gasteiger partial charge in [-0.3, -0.25) is 9.59 Å². The van der Waals surface area contributed by atoms with Gasteiger partial charge in [0.05, 0.1) is 12.5 Å². The molecule has 0 bridgehead atoms. The van der Waals surface area contributed by atoms with Crippen LogP contribution in [0.25, 0.3) is 0 Å². The van der Waals surface area contributed by atoms with Gasteiger partial charge in [0.15, 0.2) is 0 Å². The van der Waals surface area contributed by atoms with Crippen LogP contribution in [0, 0.1) is 0 Å². The minimum Gasteiger partial charge on any atom is -0.449 e. The number of likely N-dealkylation sites (tertiary alicyclic amines) is 1. The van der Waals surface area contributed by atoms with Gasteiger partial charge in [-0.25, -0.2) is 4.79 Å². The van der Waals surface area contributed by atoms with E-state index in [1.54, 1.807) is 31.2 Å². The van der Waals surface area contributed by atoms with Crippen LogP contribution in [0.3, 0.4) is 0 Å². The summed E-state index contributed by atoms with van der Waals surface area (Å²) in [4.78, 5) is 35.9. The van der Waals surface area contributed by atoms with Crippen LogP contribution in [0.5, 0.6) is 0 Å². The summed E-state index contributed by atoms with van der Waals surface area (Å²) in [5.74, 6) is -1.73. The van der Waals surface area contributed by atoms with Gasteiger partial charge in [-0.2, -0.15) is 4.90 Å². The van der Waals surface area contributed by atoms with E-state index >= 15 is 0 Å². The van der Waals surface area contributed by atoms with Crippen molar-refractivity contribution < 1.29 is 19.1 Å². The fraction of sp³-hybridized carbons (Fsp3) is 0.308. The summed E-state index contributed by atoms with van der Waals surface area (Å²) >= 11 is 5.77. The van der Waals surface area contributed by atoms with Gasteiger partial charge in [-0.05, 0) is 24.6 Å². The quantitative estimate of drug-likeness (QED) is 0.781. The summed E-state index contributed by atoms with van der Waals surface area (Å²) in [6.45, 7) is 1.72. The Bertz CT molecular complexity index is 526. The van der Waals surface area contributed by atoms with Gasteiger partial charge < -0.3 is 4.74 Å². The summed E-state index contributed by atoms with van der Waals surface area (Å²) in [7, 11) is 0. The molecule has 100 valence electrons. The van der Waals surface area contributed by atoms with Crippen molar-refractivity contribution in [3.63, 3.8) is 0 Å². The molecule has 1 saturated heterocycles. The van der Waals surface area contributed by atoms with E-state index < -0.39 is 23.8 Å². The molecule has 1 atom stereocenters. The molecule has 0 spiro atoms. The van der Waals surface area contributed by atoms with Crippen molar-refractivity contribution in [3.05, 3.63) is 34.9 Å². The second kappa shape index (κ2) is 5.40. The third kappa shape index (κ3) is 2.61. The summed E-state index contributed by atoms with van der Waals surface area (Å²) in [6.07, 6.45) is -0.937. The first-order valence-electron chi connectivity index (χ1n) is 5.83. The molecule has 0 aliphatic carbocycles. The van der Waals surface area contributed by atoms with Crippen LogP contribution in [0.2, 0.25) is 5.02 Å². The molecule has 1 heterocycles. The molecule has 19 heavy (non-hydrogen) atoms. The molecule has 2 rings (SSSR count). The van der Waals surface area contributed by atoms with E-state index in [0.29, 0.717) is 15.5 Å². The number of amides is 3. The highest BCUT2D eigenvalue weighted by molar-refractivity contribution is 6.30. The fourth-order valence-electron chi connectivity index (χ4n) is 1.97. The number of carbonyl (C=O) groups excluding carboxylic acids is 3. The van der Waals surface area contributed by atoms with Crippen molar-refractivity contribution >= 4 is 29.5 Å². The molecule has 1 aromatic carbocycles. The van der Waals surface area contributed by atoms with Crippen molar-refractivity contribution in [1.29, 1.82) is 0 Å². The molecule has 0 saturated carbocycles. The first kappa shape index (κ1) is 13.5. The van der Waals surface area contributed by atoms with Gasteiger partial charge in [0.1, 0.15) is 0 Å². The summed E-state index contributed by atoms with van der Waals surface area (Å²) in [6, 6.07) is 6.63. The van der Waals surface area contributed by atoms with Crippen LogP contribution < -0.4 is 0 Å². The number of ether oxygens (including phenoxy) is 1. The lowest BCUT2D eigenvalue weighted by Crippen LogP contribution is -2.36. The number of hydrogen-bond acceptors (Lipinski definition) is 4. The molecular formula is C13H12ClNO4. The Kier molecular flexibility index (Phi) is 3.85. The van der Waals surface area contributed by atoms with Crippen LogP contribution in [-0.4, -0.2) is 29.4 Å². The number of rotatable bonds is 2. The molecule has 1 aliphatic heterocycles. The molecule has 5 nitrogen and oxygen atoms in total. The minimum absolute atomic E-state index is 0.0285. The summed E-state index contributed by atoms with van der Waals surface area (Å²) < 4.78 is 4.69. The van der Waals surface area contributed by atoms with Crippen LogP contribution in [0.15, 0.2) is 24.3 Å². The Labute approximate surface area is 115 Å². The molecule has 0 aromatic heterocycles. The van der Waals surface area contributed by atoms with E-state index in [9.17, 15) is 14.4 Å². The van der Waals surface area contributed by atoms with Gasteiger partial charge >= 0.3 is 6.09 Å². The lowest BCUT2D eigenvalue weighted by Gasteiger charge is -2.12. The maximum absolute atomic E-state index is 12.1. The van der Waals surface area contributed by atoms with Crippen LogP contribution in [0.1, 0.15) is 24.8 Å². The van der Waals surface area contributed by atoms with E-state index in [4.69, 9.17) is 16.3 Å². The Morgan fingerprint density at radius 1 is 1.37 bits per heavy atom. The topological polar surface area (TPSA) is 63.7 Å². The second-order valence-electron chi connectivity index (χ2n) is 4.07. The minimum atomic E-state index is -0.908. The van der Waals surface area contributed by atoms with Gasteiger partial charge in [-0.15, -0.1) is 0 Å². The monoisotopic (exact) mass is 281 g/mol. The highest BCUT2D eigenvalue weighted by Crippen LogP contribution is 2.30. The van der Waals surface area contributed by atoms with E-state index in [1.807, 2.05) is 0 Å². The lowest BCUT2D eigenvalue weighted by molar-refractivity contribution is -0.136. The molecule has 1 aliphatic rings. The number of nitrogens with zero attached hydrogens (tertiary/aromatic N) is 1. The fourth-order valence-corrected chi connectivity index (χ4v) is 2.09. The Morgan fingerprint density at radius 3 is 2.58 bits per heavy atom. The molecule has 1 fully saturated rings. The number of halogens is 1. The number of carbonyl (C=O) groups is 3. The van der Waals surface area contributed by atoms with E-state index in [2.05, 4.69) is 0 Å². The molecule has 1 aromatic rings. The van der Waals surface area contributed by atoms with Crippen LogP contribution >= 0.6 is 11.6 Å². The molecule has 0 N–H and O–H groups in total. The van der Waals surface area contributed by atoms with Gasteiger partial charge in [0.25, 0.3) is 0 Å². The predicted molar refractivity (Wildman–Crippen MR) is 67.7 cm³/mol. The zero-order valence-electron chi connectivity index (χ0n) is 10.3. The Morgan fingerprint density at radius 2 is 2.00 bits per heavy atom. The number of imide groups is 3. The third-order valence-corrected chi connectivity index (χ3v) is 3.12. The van der Waals surface area contributed by atoms with Crippen LogP contribution in [-0.2, 0) is 14.3 Å². The van der Waals surface area contributed by atoms with Gasteiger partial charge in [-0.1, -0.05) is 23.7 Å². The smallest absolute Gasteiger partial charge is 0.423 e. The maximum atomic E-state index is 12.1. The van der Waals surface area contributed by atoms with Crippen molar-refractivity contribution in [2.75, 3.05) is 6.61 Å². The second-order valence-corrected chi connectivity index (χ2v) is 4.51. The van der Waals surface area contributed by atoms with Crippen LogP contribution in [0.4, 0.5) is 4.79 Å². The van der Waals surface area contributed by atoms with Crippen molar-refractivity contribution in [2.45, 2.75) is 19.3 Å². The molecule has 3 amide bonds. The highest BCUT2D eigenvalue weighted by Gasteiger charge is 2.43. The SMILES string of the molecule is CCOC(=O)N1C(=O)CC(c2ccc(Cl)cc2)C1=O. The molecule has 1 unspecified atom stereocenters. The van der Waals surface area contributed by atoms with Gasteiger partial charge in [0, 0.05) is 11.4 Å². The molecule has 6 heteroatoms. The average molecular weight is 282 g/mol. The largest absolute Gasteiger partial charge is 0.449 e. The lowest BCUT2D eigenvalue weighted by atomic mass is 9.98. The summed E-state index contributed by atoms with van der Waals surface area (Å²) in [5, 5.41) is 0.544. The average Bonchev–Trinajstić information content (AvgIpc) is 2.66. The maximum Gasteiger partial charge on any atom is 0.423 e. The normalized spacial score (nSPS) is 18.8. The highest BCUT2D eigenvalue weighted by atomic mass is 35.5. The Balaban J connectivity index is 2.22. The molecular weight excluding hydrogens is 270 g/mol.